The fraction of sp³-hybridized carbons (Fsp3) is 0.478. The Labute approximate surface area is 206 Å². The van der Waals surface area contributed by atoms with Gasteiger partial charge in [-0.2, -0.15) is 0 Å². The summed E-state index contributed by atoms with van der Waals surface area (Å²) in [7, 11) is -0.629. The summed E-state index contributed by atoms with van der Waals surface area (Å²) >= 11 is 0. The quantitative estimate of drug-likeness (QED) is 0.489. The number of carbonyl (C=O) groups excluding carboxylic acids is 1. The first-order chi connectivity index (χ1) is 15.6. The third kappa shape index (κ3) is 7.13. The van der Waals surface area contributed by atoms with E-state index < -0.39 is 9.84 Å². The lowest BCUT2D eigenvalue weighted by molar-refractivity contribution is -0.166. The topological polar surface area (TPSA) is 118 Å². The molecule has 1 heterocycles. The van der Waals surface area contributed by atoms with E-state index >= 15 is 0 Å². The number of benzene rings is 1. The van der Waals surface area contributed by atoms with Crippen molar-refractivity contribution in [1.82, 2.24) is 15.6 Å². The zero-order chi connectivity index (χ0) is 24.1. The molecule has 1 aliphatic rings. The van der Waals surface area contributed by atoms with Gasteiger partial charge in [-0.3, -0.25) is 15.4 Å². The summed E-state index contributed by atoms with van der Waals surface area (Å²) in [6.45, 7) is 1.99. The highest BCUT2D eigenvalue weighted by Gasteiger charge is 2.31. The van der Waals surface area contributed by atoms with Crippen LogP contribution in [0.4, 0.5) is 0 Å². The highest BCUT2D eigenvalue weighted by atomic mass is 35.5. The summed E-state index contributed by atoms with van der Waals surface area (Å²) in [6, 6.07) is 8.97. The van der Waals surface area contributed by atoms with Gasteiger partial charge in [-0.25, -0.2) is 13.4 Å². The predicted octanol–water partition coefficient (Wildman–Crippen LogP) is 3.55. The van der Waals surface area contributed by atoms with Crippen LogP contribution in [-0.4, -0.2) is 49.5 Å². The molecule has 1 fully saturated rings. The van der Waals surface area contributed by atoms with E-state index in [-0.39, 0.29) is 46.3 Å². The fourth-order valence-corrected chi connectivity index (χ4v) is 5.17. The van der Waals surface area contributed by atoms with Gasteiger partial charge in [-0.15, -0.1) is 12.4 Å². The number of hydrogen-bond donors (Lipinski definition) is 2. The summed E-state index contributed by atoms with van der Waals surface area (Å²) < 4.78 is 36.4. The first-order valence-corrected chi connectivity index (χ1v) is 12.3. The zero-order valence-electron chi connectivity index (χ0n) is 19.6. The smallest absolute Gasteiger partial charge is 0.236 e. The maximum Gasteiger partial charge on any atom is 0.236 e. The standard InChI is InChI=1S/C23H31N3O6S.ClH/c1-23(32-3)11-8-17(9-12-23)14-21(27)25-26(28)16-18-10-13-24-22(15-18)33(29,30)20-6-4-19(31-2)5-7-20;/h4-7,10,13,15,17,28H,8-9,11-12,14,16H2,1-3H3,(H,25,27);1H/t17-,23-;. The van der Waals surface area contributed by atoms with Crippen LogP contribution in [0.1, 0.15) is 44.6 Å². The van der Waals surface area contributed by atoms with Crippen LogP contribution in [0.5, 0.6) is 5.75 Å². The zero-order valence-corrected chi connectivity index (χ0v) is 21.2. The second-order valence-corrected chi connectivity index (χ2v) is 10.5. The lowest BCUT2D eigenvalue weighted by Crippen LogP contribution is -2.41. The van der Waals surface area contributed by atoms with Crippen LogP contribution >= 0.6 is 12.4 Å². The molecule has 1 saturated carbocycles. The Morgan fingerprint density at radius 2 is 1.85 bits per heavy atom. The minimum Gasteiger partial charge on any atom is -0.497 e. The number of nitrogens with one attached hydrogen (secondary N) is 1. The summed E-state index contributed by atoms with van der Waals surface area (Å²) in [6.07, 6.45) is 5.24. The first-order valence-electron chi connectivity index (χ1n) is 10.8. The van der Waals surface area contributed by atoms with Gasteiger partial charge in [0, 0.05) is 19.7 Å². The van der Waals surface area contributed by atoms with E-state index in [0.29, 0.717) is 22.9 Å². The Morgan fingerprint density at radius 1 is 1.21 bits per heavy atom. The van der Waals surface area contributed by atoms with Crippen molar-refractivity contribution in [3.63, 3.8) is 0 Å². The third-order valence-corrected chi connectivity index (χ3v) is 7.83. The number of amides is 1. The minimum atomic E-state index is -3.84. The van der Waals surface area contributed by atoms with E-state index in [1.54, 1.807) is 25.3 Å². The number of hydrazine groups is 1. The van der Waals surface area contributed by atoms with E-state index in [1.807, 2.05) is 0 Å². The molecule has 2 N–H and O–H groups in total. The van der Waals surface area contributed by atoms with Crippen LogP contribution in [-0.2, 0) is 25.9 Å². The van der Waals surface area contributed by atoms with E-state index in [1.165, 1.54) is 31.5 Å². The number of methoxy groups -OCH3 is 2. The second kappa shape index (κ2) is 11.9. The molecule has 2 aromatic rings. The van der Waals surface area contributed by atoms with Gasteiger partial charge in [-0.05, 0) is 80.5 Å². The molecule has 34 heavy (non-hydrogen) atoms. The molecule has 1 aliphatic carbocycles. The average Bonchev–Trinajstić information content (AvgIpc) is 2.80. The third-order valence-electron chi connectivity index (χ3n) is 6.16. The van der Waals surface area contributed by atoms with Gasteiger partial charge < -0.3 is 9.47 Å². The first kappa shape index (κ1) is 28.0. The van der Waals surface area contributed by atoms with Gasteiger partial charge in [0.2, 0.25) is 15.7 Å². The SMILES string of the molecule is COc1ccc(S(=O)(=O)c2cc(CN(O)NC(=O)C[C@H]3CC[C@](C)(OC)CC3)ccn2)cc1.Cl. The minimum absolute atomic E-state index is 0. The van der Waals surface area contributed by atoms with Crippen LogP contribution in [0.3, 0.4) is 0 Å². The number of aromatic nitrogens is 1. The van der Waals surface area contributed by atoms with Gasteiger partial charge >= 0.3 is 0 Å². The Morgan fingerprint density at radius 3 is 2.44 bits per heavy atom. The number of halogens is 1. The Bertz CT molecular complexity index is 1060. The normalized spacial score (nSPS) is 20.4. The Balaban J connectivity index is 0.00000408. The molecule has 3 rings (SSSR count). The van der Waals surface area contributed by atoms with Crippen molar-refractivity contribution < 1.29 is 27.9 Å². The second-order valence-electron chi connectivity index (χ2n) is 8.58. The highest BCUT2D eigenvalue weighted by Crippen LogP contribution is 2.35. The van der Waals surface area contributed by atoms with Crippen molar-refractivity contribution in [3.05, 3.63) is 48.2 Å². The van der Waals surface area contributed by atoms with Gasteiger partial charge in [0.05, 0.1) is 24.2 Å². The largest absolute Gasteiger partial charge is 0.497 e. The lowest BCUT2D eigenvalue weighted by atomic mass is 9.78. The van der Waals surface area contributed by atoms with E-state index in [9.17, 15) is 18.4 Å². The monoisotopic (exact) mass is 513 g/mol. The average molecular weight is 514 g/mol. The maximum absolute atomic E-state index is 12.9. The molecule has 1 aromatic carbocycles. The number of rotatable bonds is 9. The van der Waals surface area contributed by atoms with Crippen molar-refractivity contribution in [2.45, 2.75) is 61.1 Å². The Kier molecular flexibility index (Phi) is 9.84. The fourth-order valence-electron chi connectivity index (χ4n) is 3.93. The van der Waals surface area contributed by atoms with Crippen LogP contribution in [0.15, 0.2) is 52.5 Å². The van der Waals surface area contributed by atoms with Crippen molar-refractivity contribution in [2.75, 3.05) is 14.2 Å². The molecule has 11 heteroatoms. The summed E-state index contributed by atoms with van der Waals surface area (Å²) in [5.74, 6) is 0.496. The molecule has 0 saturated heterocycles. The molecule has 9 nitrogen and oxygen atoms in total. The highest BCUT2D eigenvalue weighted by molar-refractivity contribution is 7.91. The number of carbonyl (C=O) groups is 1. The Hall–Kier alpha value is -2.24. The van der Waals surface area contributed by atoms with Crippen LogP contribution in [0.2, 0.25) is 0 Å². The molecule has 0 aliphatic heterocycles. The molecule has 0 bridgehead atoms. The van der Waals surface area contributed by atoms with Crippen LogP contribution in [0.25, 0.3) is 0 Å². The predicted molar refractivity (Wildman–Crippen MR) is 127 cm³/mol. The molecular formula is C23H32ClN3O6S. The molecule has 1 amide bonds. The lowest BCUT2D eigenvalue weighted by Gasteiger charge is -2.36. The van der Waals surface area contributed by atoms with E-state index in [4.69, 9.17) is 9.47 Å². The van der Waals surface area contributed by atoms with Gasteiger partial charge in [0.15, 0.2) is 5.03 Å². The van der Waals surface area contributed by atoms with Gasteiger partial charge in [0.25, 0.3) is 0 Å². The molecule has 0 radical (unpaired) electrons. The number of sulfone groups is 1. The van der Waals surface area contributed by atoms with Crippen molar-refractivity contribution in [1.29, 1.82) is 0 Å². The van der Waals surface area contributed by atoms with Gasteiger partial charge in [0.1, 0.15) is 5.75 Å². The summed E-state index contributed by atoms with van der Waals surface area (Å²) in [5.41, 5.74) is 2.80. The maximum atomic E-state index is 12.9. The number of hydroxylamine groups is 1. The molecule has 0 spiro atoms. The number of ether oxygens (including phenoxy) is 2. The van der Waals surface area contributed by atoms with Crippen LogP contribution in [0, 0.1) is 5.92 Å². The molecule has 0 atom stereocenters. The van der Waals surface area contributed by atoms with E-state index in [2.05, 4.69) is 17.3 Å². The molecule has 188 valence electrons. The van der Waals surface area contributed by atoms with Gasteiger partial charge in [-0.1, -0.05) is 5.17 Å². The van der Waals surface area contributed by atoms with Crippen LogP contribution < -0.4 is 10.2 Å². The number of hydrogen-bond acceptors (Lipinski definition) is 8. The summed E-state index contributed by atoms with van der Waals surface area (Å²) in [5, 5.41) is 10.7. The number of pyridine rings is 1. The van der Waals surface area contributed by atoms with E-state index in [0.717, 1.165) is 25.7 Å². The molecule has 1 aromatic heterocycles. The van der Waals surface area contributed by atoms with Crippen molar-refractivity contribution in [2.24, 2.45) is 5.92 Å². The van der Waals surface area contributed by atoms with Crippen molar-refractivity contribution in [3.8, 4) is 5.75 Å². The molecule has 0 unspecified atom stereocenters. The van der Waals surface area contributed by atoms with Crippen molar-refractivity contribution >= 4 is 28.2 Å². The number of nitrogens with zero attached hydrogens (tertiary/aromatic N) is 2. The summed E-state index contributed by atoms with van der Waals surface area (Å²) in [4.78, 5) is 16.4. The molecular weight excluding hydrogens is 482 g/mol.